The van der Waals surface area contributed by atoms with Crippen molar-refractivity contribution in [2.45, 2.75) is 39.2 Å². The predicted molar refractivity (Wildman–Crippen MR) is 75.4 cm³/mol. The highest BCUT2D eigenvalue weighted by atomic mass is 19.1. The standard InChI is InChI=1S/C16H22FNO/c1-3-8-18-16(13-5-4-9-19-11-13)15-7-6-14(17)10-12(15)2/h6-7,10-11,16,18H,3-5,8-9H2,1-2H3. The van der Waals surface area contributed by atoms with Gasteiger partial charge in [-0.05, 0) is 61.6 Å². The molecule has 1 aliphatic heterocycles. The number of hydrogen-bond acceptors (Lipinski definition) is 2. The molecule has 1 atom stereocenters. The SMILES string of the molecule is CCCNC(C1=COCCC1)c1ccc(F)cc1C. The van der Waals surface area contributed by atoms with Crippen LogP contribution < -0.4 is 5.32 Å². The Morgan fingerprint density at radius 3 is 2.89 bits per heavy atom. The minimum atomic E-state index is -0.177. The fourth-order valence-corrected chi connectivity index (χ4v) is 2.49. The Morgan fingerprint density at radius 2 is 2.26 bits per heavy atom. The van der Waals surface area contributed by atoms with E-state index in [-0.39, 0.29) is 11.9 Å². The molecule has 19 heavy (non-hydrogen) atoms. The normalized spacial score (nSPS) is 16.7. The van der Waals surface area contributed by atoms with Crippen LogP contribution in [0.3, 0.4) is 0 Å². The minimum absolute atomic E-state index is 0.140. The van der Waals surface area contributed by atoms with Crippen molar-refractivity contribution in [2.24, 2.45) is 0 Å². The molecule has 0 radical (unpaired) electrons. The topological polar surface area (TPSA) is 21.3 Å². The third-order valence-electron chi connectivity index (χ3n) is 3.47. The van der Waals surface area contributed by atoms with E-state index in [0.29, 0.717) is 0 Å². The van der Waals surface area contributed by atoms with E-state index in [1.165, 1.54) is 11.6 Å². The lowest BCUT2D eigenvalue weighted by Crippen LogP contribution is -2.26. The Kier molecular flexibility index (Phi) is 4.97. The summed E-state index contributed by atoms with van der Waals surface area (Å²) in [5.41, 5.74) is 3.39. The molecule has 0 amide bonds. The lowest BCUT2D eigenvalue weighted by atomic mass is 9.92. The van der Waals surface area contributed by atoms with Gasteiger partial charge in [-0.2, -0.15) is 0 Å². The van der Waals surface area contributed by atoms with E-state index in [1.807, 2.05) is 19.3 Å². The quantitative estimate of drug-likeness (QED) is 0.870. The summed E-state index contributed by atoms with van der Waals surface area (Å²) in [6.45, 7) is 5.85. The monoisotopic (exact) mass is 263 g/mol. The molecule has 2 nitrogen and oxygen atoms in total. The highest BCUT2D eigenvalue weighted by Crippen LogP contribution is 2.30. The summed E-state index contributed by atoms with van der Waals surface area (Å²) in [5, 5.41) is 3.54. The van der Waals surface area contributed by atoms with Crippen molar-refractivity contribution >= 4 is 0 Å². The molecule has 0 saturated heterocycles. The van der Waals surface area contributed by atoms with Crippen LogP contribution in [0.4, 0.5) is 4.39 Å². The molecule has 1 aromatic carbocycles. The Hall–Kier alpha value is -1.35. The van der Waals surface area contributed by atoms with Crippen molar-refractivity contribution in [1.82, 2.24) is 5.32 Å². The molecule has 1 unspecified atom stereocenters. The van der Waals surface area contributed by atoms with Crippen molar-refractivity contribution in [2.75, 3.05) is 13.2 Å². The first-order valence-electron chi connectivity index (χ1n) is 7.02. The molecule has 1 heterocycles. The van der Waals surface area contributed by atoms with Gasteiger partial charge in [-0.25, -0.2) is 4.39 Å². The van der Waals surface area contributed by atoms with Crippen molar-refractivity contribution < 1.29 is 9.13 Å². The van der Waals surface area contributed by atoms with Crippen LogP contribution in [-0.2, 0) is 4.74 Å². The van der Waals surface area contributed by atoms with Crippen molar-refractivity contribution in [1.29, 1.82) is 0 Å². The average Bonchev–Trinajstić information content (AvgIpc) is 2.42. The molecule has 0 fully saturated rings. The molecule has 0 saturated carbocycles. The lowest BCUT2D eigenvalue weighted by Gasteiger charge is -2.26. The van der Waals surface area contributed by atoms with Gasteiger partial charge in [-0.15, -0.1) is 0 Å². The number of halogens is 1. The molecule has 1 aromatic rings. The second-order valence-corrected chi connectivity index (χ2v) is 5.06. The van der Waals surface area contributed by atoms with Crippen LogP contribution in [0.15, 0.2) is 30.0 Å². The summed E-state index contributed by atoms with van der Waals surface area (Å²) in [4.78, 5) is 0. The first kappa shape index (κ1) is 14.1. The largest absolute Gasteiger partial charge is 0.501 e. The van der Waals surface area contributed by atoms with Gasteiger partial charge in [-0.3, -0.25) is 0 Å². The second kappa shape index (κ2) is 6.71. The third-order valence-corrected chi connectivity index (χ3v) is 3.47. The second-order valence-electron chi connectivity index (χ2n) is 5.06. The van der Waals surface area contributed by atoms with Gasteiger partial charge in [0.2, 0.25) is 0 Å². The summed E-state index contributed by atoms with van der Waals surface area (Å²) in [7, 11) is 0. The zero-order valence-electron chi connectivity index (χ0n) is 11.7. The molecular formula is C16H22FNO. The fraction of sp³-hybridized carbons (Fsp3) is 0.500. The zero-order chi connectivity index (χ0) is 13.7. The van der Waals surface area contributed by atoms with E-state index >= 15 is 0 Å². The first-order valence-corrected chi connectivity index (χ1v) is 7.02. The van der Waals surface area contributed by atoms with E-state index in [1.54, 1.807) is 6.07 Å². The number of hydrogen-bond donors (Lipinski definition) is 1. The van der Waals surface area contributed by atoms with Crippen molar-refractivity contribution in [3.63, 3.8) is 0 Å². The summed E-state index contributed by atoms with van der Waals surface area (Å²) in [6.07, 6.45) is 5.04. The summed E-state index contributed by atoms with van der Waals surface area (Å²) in [6, 6.07) is 5.15. The molecule has 1 N–H and O–H groups in total. The Labute approximate surface area is 114 Å². The van der Waals surface area contributed by atoms with Crippen LogP contribution in [0.5, 0.6) is 0 Å². The molecule has 0 spiro atoms. The molecule has 0 bridgehead atoms. The van der Waals surface area contributed by atoms with Gasteiger partial charge in [0, 0.05) is 0 Å². The molecule has 3 heteroatoms. The summed E-state index contributed by atoms with van der Waals surface area (Å²) < 4.78 is 18.7. The van der Waals surface area contributed by atoms with Gasteiger partial charge in [0.05, 0.1) is 18.9 Å². The molecular weight excluding hydrogens is 241 g/mol. The fourth-order valence-electron chi connectivity index (χ4n) is 2.49. The number of nitrogens with one attached hydrogen (secondary N) is 1. The number of ether oxygens (including phenoxy) is 1. The van der Waals surface area contributed by atoms with E-state index in [0.717, 1.165) is 43.5 Å². The first-order chi connectivity index (χ1) is 9.22. The van der Waals surface area contributed by atoms with Gasteiger partial charge >= 0.3 is 0 Å². The minimum Gasteiger partial charge on any atom is -0.501 e. The summed E-state index contributed by atoms with van der Waals surface area (Å²) in [5.74, 6) is -0.177. The van der Waals surface area contributed by atoms with Gasteiger partial charge in [0.25, 0.3) is 0 Å². The van der Waals surface area contributed by atoms with Crippen LogP contribution in [-0.4, -0.2) is 13.2 Å². The van der Waals surface area contributed by atoms with E-state index in [2.05, 4.69) is 12.2 Å². The van der Waals surface area contributed by atoms with Crippen LogP contribution in [0.2, 0.25) is 0 Å². The van der Waals surface area contributed by atoms with Crippen LogP contribution in [0, 0.1) is 12.7 Å². The molecule has 2 rings (SSSR count). The zero-order valence-corrected chi connectivity index (χ0v) is 11.7. The highest BCUT2D eigenvalue weighted by Gasteiger charge is 2.20. The van der Waals surface area contributed by atoms with E-state index in [9.17, 15) is 4.39 Å². The maximum Gasteiger partial charge on any atom is 0.123 e. The lowest BCUT2D eigenvalue weighted by molar-refractivity contribution is 0.219. The maximum atomic E-state index is 13.2. The van der Waals surface area contributed by atoms with Crippen LogP contribution >= 0.6 is 0 Å². The number of rotatable bonds is 5. The van der Waals surface area contributed by atoms with Gasteiger partial charge in [0.1, 0.15) is 5.82 Å². The predicted octanol–water partition coefficient (Wildman–Crippen LogP) is 3.87. The molecule has 1 aliphatic rings. The molecule has 0 aliphatic carbocycles. The Balaban J connectivity index is 2.27. The third kappa shape index (κ3) is 3.57. The number of aryl methyl sites for hydroxylation is 1. The maximum absolute atomic E-state index is 13.2. The van der Waals surface area contributed by atoms with Gasteiger partial charge in [0.15, 0.2) is 0 Å². The van der Waals surface area contributed by atoms with Gasteiger partial charge in [-0.1, -0.05) is 13.0 Å². The number of benzene rings is 1. The Morgan fingerprint density at radius 1 is 1.42 bits per heavy atom. The smallest absolute Gasteiger partial charge is 0.123 e. The average molecular weight is 263 g/mol. The van der Waals surface area contributed by atoms with Gasteiger partial charge < -0.3 is 10.1 Å². The molecule has 104 valence electrons. The van der Waals surface area contributed by atoms with Crippen molar-refractivity contribution in [3.05, 3.63) is 47.0 Å². The molecule has 0 aromatic heterocycles. The summed E-state index contributed by atoms with van der Waals surface area (Å²) >= 11 is 0. The van der Waals surface area contributed by atoms with E-state index < -0.39 is 0 Å². The Bertz CT molecular complexity index is 456. The van der Waals surface area contributed by atoms with E-state index in [4.69, 9.17) is 4.74 Å². The van der Waals surface area contributed by atoms with Crippen LogP contribution in [0.25, 0.3) is 0 Å². The van der Waals surface area contributed by atoms with Crippen LogP contribution in [0.1, 0.15) is 43.4 Å². The van der Waals surface area contributed by atoms with Crippen molar-refractivity contribution in [3.8, 4) is 0 Å². The highest BCUT2D eigenvalue weighted by molar-refractivity contribution is 5.35.